The van der Waals surface area contributed by atoms with E-state index < -0.39 is 11.9 Å². The van der Waals surface area contributed by atoms with E-state index in [9.17, 15) is 9.65 Å². The predicted octanol–water partition coefficient (Wildman–Crippen LogP) is 3.88. The molecule has 1 aliphatic rings. The van der Waals surface area contributed by atoms with Gasteiger partial charge in [-0.15, -0.1) is 0 Å². The van der Waals surface area contributed by atoms with Crippen molar-refractivity contribution in [1.29, 1.82) is 5.26 Å². The highest BCUT2D eigenvalue weighted by Crippen LogP contribution is 2.37. The first kappa shape index (κ1) is 20.7. The molecule has 0 spiro atoms. The summed E-state index contributed by atoms with van der Waals surface area (Å²) in [5.41, 5.74) is 11.4. The number of rotatable bonds is 0. The summed E-state index contributed by atoms with van der Waals surface area (Å²) in [5, 5.41) is 18.1. The van der Waals surface area contributed by atoms with Crippen molar-refractivity contribution in [2.45, 2.75) is 13.0 Å². The molecule has 9 nitrogen and oxygen atoms in total. The lowest BCUT2D eigenvalue weighted by atomic mass is 10.1. The Balaban J connectivity index is 1.89. The Bertz CT molecular complexity index is 1300. The monoisotopic (exact) mass is 430 g/mol. The van der Waals surface area contributed by atoms with E-state index in [-0.39, 0.29) is 11.6 Å². The minimum atomic E-state index is -0.590. The van der Waals surface area contributed by atoms with Gasteiger partial charge >= 0.3 is 0 Å². The highest BCUT2D eigenvalue weighted by atomic mass is 19.1. The average Bonchev–Trinajstić information content (AvgIpc) is 3.09. The Labute approximate surface area is 183 Å². The standard InChI is InChI=1S/C22H19FN8O/c1-13-16-10-15(23)5-6-17(16)29-28-8-4-3-7-26-22-20(18(11-24)31(2)30-22)14-9-19(32-13)21(25)27-12-14/h3-10,12-13,29H,1-2H3,(H2,25,27)/b4-3-,26-7?,28-8-/t13-/m1/s1. The summed E-state index contributed by atoms with van der Waals surface area (Å²) in [6.07, 6.45) is 7.35. The number of aryl methyl sites for hydroxylation is 1. The van der Waals surface area contributed by atoms with Crippen molar-refractivity contribution in [2.24, 2.45) is 17.1 Å². The maximum absolute atomic E-state index is 14.0. The summed E-state index contributed by atoms with van der Waals surface area (Å²) in [5.74, 6) is 0.368. The van der Waals surface area contributed by atoms with Crippen LogP contribution in [-0.4, -0.2) is 27.2 Å². The van der Waals surface area contributed by atoms with E-state index in [1.165, 1.54) is 29.2 Å². The summed E-state index contributed by atoms with van der Waals surface area (Å²) in [6.45, 7) is 1.76. The molecule has 0 aliphatic carbocycles. The molecule has 0 saturated carbocycles. The van der Waals surface area contributed by atoms with Crippen LogP contribution in [0.5, 0.6) is 5.75 Å². The zero-order valence-electron chi connectivity index (χ0n) is 17.3. The second kappa shape index (κ2) is 8.69. The molecular weight excluding hydrogens is 411 g/mol. The van der Waals surface area contributed by atoms with Crippen molar-refractivity contribution in [2.75, 3.05) is 11.2 Å². The molecule has 3 aromatic rings. The molecule has 1 aromatic carbocycles. The van der Waals surface area contributed by atoms with E-state index in [4.69, 9.17) is 10.5 Å². The third kappa shape index (κ3) is 4.04. The zero-order valence-corrected chi connectivity index (χ0v) is 17.3. The first-order valence-electron chi connectivity index (χ1n) is 9.65. The van der Waals surface area contributed by atoms with Crippen LogP contribution in [0.15, 0.2) is 52.7 Å². The van der Waals surface area contributed by atoms with E-state index in [1.807, 2.05) is 0 Å². The molecule has 3 heterocycles. The molecule has 4 rings (SSSR count). The van der Waals surface area contributed by atoms with Crippen molar-refractivity contribution in [1.82, 2.24) is 14.8 Å². The molecule has 32 heavy (non-hydrogen) atoms. The lowest BCUT2D eigenvalue weighted by molar-refractivity contribution is 0.228. The van der Waals surface area contributed by atoms with Crippen LogP contribution in [-0.2, 0) is 7.05 Å². The van der Waals surface area contributed by atoms with Crippen molar-refractivity contribution >= 4 is 29.8 Å². The van der Waals surface area contributed by atoms with Crippen LogP contribution in [0, 0.1) is 17.1 Å². The quantitative estimate of drug-likeness (QED) is 0.557. The number of pyridine rings is 1. The third-order valence-corrected chi connectivity index (χ3v) is 4.80. The number of benzene rings is 1. The molecule has 0 fully saturated rings. The number of hydrogen-bond acceptors (Lipinski definition) is 8. The van der Waals surface area contributed by atoms with E-state index >= 15 is 0 Å². The van der Waals surface area contributed by atoms with Gasteiger partial charge in [0.25, 0.3) is 0 Å². The Morgan fingerprint density at radius 2 is 2.06 bits per heavy atom. The molecule has 3 N–H and O–H groups in total. The summed E-state index contributed by atoms with van der Waals surface area (Å²) in [6, 6.07) is 8.09. The first-order chi connectivity index (χ1) is 15.5. The molecule has 0 saturated heterocycles. The van der Waals surface area contributed by atoms with Gasteiger partial charge in [-0.25, -0.2) is 14.4 Å². The number of hydrazone groups is 1. The lowest BCUT2D eigenvalue weighted by Crippen LogP contribution is -2.09. The normalized spacial score (nSPS) is 17.2. The van der Waals surface area contributed by atoms with Gasteiger partial charge in [-0.05, 0) is 43.3 Å². The molecule has 2 bridgehead atoms. The molecule has 0 radical (unpaired) electrons. The van der Waals surface area contributed by atoms with Gasteiger partial charge in [-0.3, -0.25) is 10.1 Å². The first-order valence-corrected chi connectivity index (χ1v) is 9.65. The highest BCUT2D eigenvalue weighted by molar-refractivity contribution is 5.86. The number of nitrogens with zero attached hydrogens (tertiary/aromatic N) is 6. The van der Waals surface area contributed by atoms with Crippen molar-refractivity contribution < 1.29 is 9.13 Å². The molecule has 0 unspecified atom stereocenters. The largest absolute Gasteiger partial charge is 0.482 e. The minimum Gasteiger partial charge on any atom is -0.482 e. The number of anilines is 2. The lowest BCUT2D eigenvalue weighted by Gasteiger charge is -2.19. The predicted molar refractivity (Wildman–Crippen MR) is 120 cm³/mol. The van der Waals surface area contributed by atoms with E-state index in [1.54, 1.807) is 44.5 Å². The maximum atomic E-state index is 14.0. The van der Waals surface area contributed by atoms with Crippen LogP contribution < -0.4 is 15.9 Å². The Morgan fingerprint density at radius 1 is 1.25 bits per heavy atom. The summed E-state index contributed by atoms with van der Waals surface area (Å²) < 4.78 is 21.5. The van der Waals surface area contributed by atoms with Crippen LogP contribution >= 0.6 is 0 Å². The minimum absolute atomic E-state index is 0.154. The number of ether oxygens (including phenoxy) is 1. The average molecular weight is 430 g/mol. The molecule has 160 valence electrons. The molecule has 1 aliphatic heterocycles. The van der Waals surface area contributed by atoms with Gasteiger partial charge in [0.1, 0.15) is 23.7 Å². The van der Waals surface area contributed by atoms with Crippen LogP contribution in [0.1, 0.15) is 24.3 Å². The number of fused-ring (bicyclic) bond motifs is 5. The zero-order chi connectivity index (χ0) is 22.7. The Hall–Kier alpha value is -4.52. The van der Waals surface area contributed by atoms with E-state index in [0.29, 0.717) is 33.9 Å². The summed E-state index contributed by atoms with van der Waals surface area (Å²) >= 11 is 0. The number of allylic oxidation sites excluding steroid dienone is 2. The van der Waals surface area contributed by atoms with Crippen LogP contribution in [0.3, 0.4) is 0 Å². The van der Waals surface area contributed by atoms with E-state index in [0.717, 1.165) is 0 Å². The number of nitrogen functional groups attached to an aromatic ring is 1. The number of nitrogens with two attached hydrogens (primary N) is 1. The van der Waals surface area contributed by atoms with Gasteiger partial charge in [-0.2, -0.15) is 15.5 Å². The summed E-state index contributed by atoms with van der Waals surface area (Å²) in [7, 11) is 1.66. The Morgan fingerprint density at radius 3 is 2.88 bits per heavy atom. The molecule has 2 aromatic heterocycles. The molecule has 0 amide bonds. The number of aromatic nitrogens is 3. The number of aliphatic imine (C=N–C) groups is 1. The van der Waals surface area contributed by atoms with Crippen molar-refractivity contribution in [3.05, 3.63) is 59.7 Å². The van der Waals surface area contributed by atoms with Crippen LogP contribution in [0.25, 0.3) is 11.1 Å². The van der Waals surface area contributed by atoms with Crippen molar-refractivity contribution in [3.8, 4) is 22.9 Å². The SMILES string of the molecule is C[C@H]1Oc2cc(cnc2N)-c2c(nn(C)c2C#N)N=C/C=C\C=N/Nc2ccc(F)cc21. The van der Waals surface area contributed by atoms with Crippen molar-refractivity contribution in [3.63, 3.8) is 0 Å². The smallest absolute Gasteiger partial charge is 0.183 e. The number of nitrogens with one attached hydrogen (secondary N) is 1. The fourth-order valence-electron chi connectivity index (χ4n) is 3.27. The van der Waals surface area contributed by atoms with Crippen LogP contribution in [0.2, 0.25) is 0 Å². The van der Waals surface area contributed by atoms with Gasteiger partial charge in [0.15, 0.2) is 17.4 Å². The number of hydrogen-bond donors (Lipinski definition) is 2. The van der Waals surface area contributed by atoms with Crippen LogP contribution in [0.4, 0.5) is 21.7 Å². The maximum Gasteiger partial charge on any atom is 0.183 e. The molecular formula is C22H19FN8O. The molecule has 1 atom stereocenters. The number of halogens is 1. The van der Waals surface area contributed by atoms with E-state index in [2.05, 4.69) is 31.7 Å². The second-order valence-corrected chi connectivity index (χ2v) is 6.93. The Kier molecular flexibility index (Phi) is 5.63. The topological polar surface area (TPSA) is 126 Å². The van der Waals surface area contributed by atoms with Gasteiger partial charge in [-0.1, -0.05) is 0 Å². The summed E-state index contributed by atoms with van der Waals surface area (Å²) in [4.78, 5) is 8.59. The highest BCUT2D eigenvalue weighted by Gasteiger charge is 2.21. The molecule has 10 heteroatoms. The second-order valence-electron chi connectivity index (χ2n) is 6.93. The van der Waals surface area contributed by atoms with Gasteiger partial charge in [0, 0.05) is 36.8 Å². The van der Waals surface area contributed by atoms with Gasteiger partial charge < -0.3 is 10.5 Å². The fourth-order valence-corrected chi connectivity index (χ4v) is 3.27. The number of nitriles is 1. The fraction of sp³-hybridized carbons (Fsp3) is 0.136. The van der Waals surface area contributed by atoms with Gasteiger partial charge in [0.2, 0.25) is 0 Å². The third-order valence-electron chi connectivity index (χ3n) is 4.80. The van der Waals surface area contributed by atoms with Gasteiger partial charge in [0.05, 0.1) is 11.3 Å².